The van der Waals surface area contributed by atoms with E-state index in [0.717, 1.165) is 27.7 Å². The number of para-hydroxylation sites is 1. The van der Waals surface area contributed by atoms with Crippen molar-refractivity contribution in [1.82, 2.24) is 10.2 Å². The highest BCUT2D eigenvalue weighted by molar-refractivity contribution is 7.11. The van der Waals surface area contributed by atoms with E-state index < -0.39 is 0 Å². The van der Waals surface area contributed by atoms with Gasteiger partial charge in [-0.15, -0.1) is 21.5 Å². The first-order chi connectivity index (χ1) is 6.75. The van der Waals surface area contributed by atoms with Crippen LogP contribution >= 0.6 is 11.3 Å². The zero-order valence-electron chi connectivity index (χ0n) is 7.90. The van der Waals surface area contributed by atoms with Gasteiger partial charge in [0.1, 0.15) is 10.0 Å². The highest BCUT2D eigenvalue weighted by Crippen LogP contribution is 2.17. The molecule has 0 bridgehead atoms. The Balaban J connectivity index is 2.23. The maximum Gasteiger partial charge on any atom is 0.121 e. The topological polar surface area (TPSA) is 51.8 Å². The van der Waals surface area contributed by atoms with E-state index in [2.05, 4.69) is 10.2 Å². The first-order valence-electron chi connectivity index (χ1n) is 4.38. The van der Waals surface area contributed by atoms with Crippen LogP contribution in [0.25, 0.3) is 0 Å². The number of hydrogen-bond donors (Lipinski definition) is 1. The van der Waals surface area contributed by atoms with E-state index in [9.17, 15) is 0 Å². The van der Waals surface area contributed by atoms with Gasteiger partial charge in [0.15, 0.2) is 0 Å². The van der Waals surface area contributed by atoms with Crippen molar-refractivity contribution in [3.8, 4) is 0 Å². The van der Waals surface area contributed by atoms with Gasteiger partial charge in [0.2, 0.25) is 0 Å². The maximum atomic E-state index is 5.83. The lowest BCUT2D eigenvalue weighted by Gasteiger charge is -2.01. The summed E-state index contributed by atoms with van der Waals surface area (Å²) in [4.78, 5) is 0. The van der Waals surface area contributed by atoms with Crippen molar-refractivity contribution in [2.24, 2.45) is 0 Å². The fourth-order valence-corrected chi connectivity index (χ4v) is 2.00. The molecule has 3 nitrogen and oxygen atoms in total. The van der Waals surface area contributed by atoms with Crippen molar-refractivity contribution >= 4 is 17.0 Å². The summed E-state index contributed by atoms with van der Waals surface area (Å²) < 4.78 is 0. The Kier molecular flexibility index (Phi) is 2.45. The lowest BCUT2D eigenvalue weighted by atomic mass is 10.1. The summed E-state index contributed by atoms with van der Waals surface area (Å²) in [5.74, 6) is 0. The molecular formula is C10H11N3S. The molecule has 0 aliphatic rings. The number of hydrogen-bond acceptors (Lipinski definition) is 4. The minimum absolute atomic E-state index is 0.776. The van der Waals surface area contributed by atoms with E-state index in [1.807, 2.05) is 31.2 Å². The highest BCUT2D eigenvalue weighted by Gasteiger charge is 2.03. The van der Waals surface area contributed by atoms with Crippen LogP contribution in [0.1, 0.15) is 15.6 Å². The van der Waals surface area contributed by atoms with Gasteiger partial charge in [-0.05, 0) is 18.6 Å². The Morgan fingerprint density at radius 2 is 2.07 bits per heavy atom. The maximum absolute atomic E-state index is 5.83. The number of aromatic nitrogens is 2. The zero-order chi connectivity index (χ0) is 9.97. The lowest BCUT2D eigenvalue weighted by molar-refractivity contribution is 0.982. The quantitative estimate of drug-likeness (QED) is 0.763. The lowest BCUT2D eigenvalue weighted by Crippen LogP contribution is -1.94. The summed E-state index contributed by atoms with van der Waals surface area (Å²) in [5, 5.41) is 10.0. The van der Waals surface area contributed by atoms with Crippen LogP contribution in [0.15, 0.2) is 24.3 Å². The molecule has 0 aliphatic carbocycles. The number of nitrogens with two attached hydrogens (primary N) is 1. The van der Waals surface area contributed by atoms with Crippen molar-refractivity contribution in [3.63, 3.8) is 0 Å². The van der Waals surface area contributed by atoms with Gasteiger partial charge < -0.3 is 5.73 Å². The molecule has 1 aromatic carbocycles. The van der Waals surface area contributed by atoms with Crippen LogP contribution in [0.5, 0.6) is 0 Å². The van der Waals surface area contributed by atoms with Crippen LogP contribution < -0.4 is 5.73 Å². The summed E-state index contributed by atoms with van der Waals surface area (Å²) in [7, 11) is 0. The van der Waals surface area contributed by atoms with E-state index in [0.29, 0.717) is 0 Å². The molecule has 2 rings (SSSR count). The summed E-state index contributed by atoms with van der Waals surface area (Å²) in [6.07, 6.45) is 0.776. The third-order valence-electron chi connectivity index (χ3n) is 1.96. The van der Waals surface area contributed by atoms with E-state index in [-0.39, 0.29) is 0 Å². The summed E-state index contributed by atoms with van der Waals surface area (Å²) >= 11 is 1.61. The molecule has 72 valence electrons. The number of nitrogen functional groups attached to an aromatic ring is 1. The Bertz CT molecular complexity index is 436. The average molecular weight is 205 g/mol. The standard InChI is InChI=1S/C10H11N3S/c1-7-12-13-10(14-7)6-8-4-2-3-5-9(8)11/h2-5H,6,11H2,1H3. The second-order valence-electron chi connectivity index (χ2n) is 3.09. The molecule has 0 radical (unpaired) electrons. The first-order valence-corrected chi connectivity index (χ1v) is 5.20. The molecule has 4 heteroatoms. The predicted octanol–water partition coefficient (Wildman–Crippen LogP) is 2.02. The van der Waals surface area contributed by atoms with Gasteiger partial charge >= 0.3 is 0 Å². The molecular weight excluding hydrogens is 194 g/mol. The van der Waals surface area contributed by atoms with Gasteiger partial charge in [-0.1, -0.05) is 18.2 Å². The number of anilines is 1. The molecule has 0 atom stereocenters. The Hall–Kier alpha value is -1.42. The monoisotopic (exact) mass is 205 g/mol. The Morgan fingerprint density at radius 3 is 2.71 bits per heavy atom. The molecule has 1 aromatic heterocycles. The van der Waals surface area contributed by atoms with Gasteiger partial charge in [-0.2, -0.15) is 0 Å². The SMILES string of the molecule is Cc1nnc(Cc2ccccc2N)s1. The molecule has 0 aliphatic heterocycles. The van der Waals surface area contributed by atoms with E-state index in [4.69, 9.17) is 5.73 Å². The second kappa shape index (κ2) is 3.75. The van der Waals surface area contributed by atoms with Gasteiger partial charge in [-0.3, -0.25) is 0 Å². The Labute approximate surface area is 86.6 Å². The van der Waals surface area contributed by atoms with Gasteiger partial charge in [0.05, 0.1) is 0 Å². The van der Waals surface area contributed by atoms with Crippen molar-refractivity contribution in [2.45, 2.75) is 13.3 Å². The highest BCUT2D eigenvalue weighted by atomic mass is 32.1. The molecule has 1 heterocycles. The van der Waals surface area contributed by atoms with E-state index >= 15 is 0 Å². The predicted molar refractivity (Wildman–Crippen MR) is 58.3 cm³/mol. The molecule has 0 fully saturated rings. The van der Waals surface area contributed by atoms with Crippen LogP contribution in [0, 0.1) is 6.92 Å². The fraction of sp³-hybridized carbons (Fsp3) is 0.200. The summed E-state index contributed by atoms with van der Waals surface area (Å²) in [6, 6.07) is 7.85. The van der Waals surface area contributed by atoms with E-state index in [1.165, 1.54) is 0 Å². The number of nitrogens with zero attached hydrogens (tertiary/aromatic N) is 2. The van der Waals surface area contributed by atoms with Crippen molar-refractivity contribution in [3.05, 3.63) is 39.8 Å². The molecule has 0 saturated heterocycles. The molecule has 2 aromatic rings. The molecule has 0 spiro atoms. The molecule has 14 heavy (non-hydrogen) atoms. The van der Waals surface area contributed by atoms with Crippen LogP contribution in [0.3, 0.4) is 0 Å². The average Bonchev–Trinajstić information content (AvgIpc) is 2.56. The number of rotatable bonds is 2. The minimum Gasteiger partial charge on any atom is -0.398 e. The van der Waals surface area contributed by atoms with Crippen LogP contribution in [-0.2, 0) is 6.42 Å². The molecule has 0 saturated carbocycles. The first kappa shape index (κ1) is 9.15. The number of benzene rings is 1. The zero-order valence-corrected chi connectivity index (χ0v) is 8.71. The van der Waals surface area contributed by atoms with Crippen LogP contribution in [-0.4, -0.2) is 10.2 Å². The smallest absolute Gasteiger partial charge is 0.121 e. The molecule has 0 unspecified atom stereocenters. The van der Waals surface area contributed by atoms with E-state index in [1.54, 1.807) is 11.3 Å². The van der Waals surface area contributed by atoms with Gasteiger partial charge in [0, 0.05) is 12.1 Å². The third kappa shape index (κ3) is 1.90. The summed E-state index contributed by atoms with van der Waals surface area (Å²) in [6.45, 7) is 1.95. The minimum atomic E-state index is 0.776. The second-order valence-corrected chi connectivity index (χ2v) is 4.36. The molecule has 2 N–H and O–H groups in total. The van der Waals surface area contributed by atoms with Crippen molar-refractivity contribution in [1.29, 1.82) is 0 Å². The summed E-state index contributed by atoms with van der Waals surface area (Å²) in [5.41, 5.74) is 7.77. The largest absolute Gasteiger partial charge is 0.398 e. The third-order valence-corrected chi connectivity index (χ3v) is 2.80. The normalized spacial score (nSPS) is 10.4. The van der Waals surface area contributed by atoms with Crippen molar-refractivity contribution < 1.29 is 0 Å². The van der Waals surface area contributed by atoms with Gasteiger partial charge in [0.25, 0.3) is 0 Å². The van der Waals surface area contributed by atoms with Crippen LogP contribution in [0.2, 0.25) is 0 Å². The van der Waals surface area contributed by atoms with Gasteiger partial charge in [-0.25, -0.2) is 0 Å². The van der Waals surface area contributed by atoms with Crippen molar-refractivity contribution in [2.75, 3.05) is 5.73 Å². The fourth-order valence-electron chi connectivity index (χ4n) is 1.27. The molecule has 0 amide bonds. The Morgan fingerprint density at radius 1 is 1.29 bits per heavy atom. The number of aryl methyl sites for hydroxylation is 1. The van der Waals surface area contributed by atoms with Crippen LogP contribution in [0.4, 0.5) is 5.69 Å².